The summed E-state index contributed by atoms with van der Waals surface area (Å²) in [5.74, 6) is 1.48. The largest absolute Gasteiger partial charge is 0.433 e. The Morgan fingerprint density at radius 3 is 2.92 bits per heavy atom. The zero-order valence-corrected chi connectivity index (χ0v) is 7.62. The smallest absolute Gasteiger partial charge is 0.405 e. The molecule has 0 bridgehead atoms. The van der Waals surface area contributed by atoms with Gasteiger partial charge in [-0.15, -0.1) is 0 Å². The first kappa shape index (κ1) is 10.1. The van der Waals surface area contributed by atoms with Crippen LogP contribution in [0.5, 0.6) is 0 Å². The van der Waals surface area contributed by atoms with E-state index in [4.69, 9.17) is 9.52 Å². The lowest BCUT2D eigenvalue weighted by Gasteiger charge is -1.93. The molecular formula is C7H9NO4S. The Morgan fingerprint density at radius 2 is 2.38 bits per heavy atom. The van der Waals surface area contributed by atoms with Gasteiger partial charge in [0.2, 0.25) is 0 Å². The molecule has 0 aliphatic carbocycles. The zero-order chi connectivity index (χ0) is 9.68. The second kappa shape index (κ2) is 4.88. The SMILES string of the molecule is O=[N+]([O-])c1ccc(CSCCO)o1. The van der Waals surface area contributed by atoms with Gasteiger partial charge in [-0.25, -0.2) is 0 Å². The lowest BCUT2D eigenvalue weighted by molar-refractivity contribution is -0.402. The minimum atomic E-state index is -0.569. The van der Waals surface area contributed by atoms with Crippen molar-refractivity contribution in [2.75, 3.05) is 12.4 Å². The van der Waals surface area contributed by atoms with Gasteiger partial charge in [-0.05, 0) is 6.07 Å². The molecule has 0 spiro atoms. The highest BCUT2D eigenvalue weighted by Gasteiger charge is 2.10. The second-order valence-electron chi connectivity index (χ2n) is 2.27. The van der Waals surface area contributed by atoms with Crippen LogP contribution in [0, 0.1) is 10.1 Å². The zero-order valence-electron chi connectivity index (χ0n) is 6.80. The number of thioether (sulfide) groups is 1. The van der Waals surface area contributed by atoms with Gasteiger partial charge in [-0.2, -0.15) is 11.8 Å². The van der Waals surface area contributed by atoms with E-state index in [0.29, 0.717) is 17.3 Å². The van der Waals surface area contributed by atoms with Crippen LogP contribution in [0.4, 0.5) is 5.88 Å². The van der Waals surface area contributed by atoms with Crippen LogP contribution in [0.3, 0.4) is 0 Å². The molecule has 1 N–H and O–H groups in total. The molecule has 13 heavy (non-hydrogen) atoms. The lowest BCUT2D eigenvalue weighted by Crippen LogP contribution is -1.86. The standard InChI is InChI=1S/C7H9NO4S/c9-3-4-13-5-6-1-2-7(12-6)8(10)11/h1-2,9H,3-5H2. The molecule has 1 heterocycles. The van der Waals surface area contributed by atoms with Gasteiger partial charge in [-0.1, -0.05) is 0 Å². The Hall–Kier alpha value is -1.01. The first-order chi connectivity index (χ1) is 6.24. The minimum absolute atomic E-state index is 0.105. The second-order valence-corrected chi connectivity index (χ2v) is 3.38. The molecule has 6 heteroatoms. The third kappa shape index (κ3) is 3.08. The van der Waals surface area contributed by atoms with Crippen molar-refractivity contribution in [3.8, 4) is 0 Å². The number of hydrogen-bond donors (Lipinski definition) is 1. The average molecular weight is 203 g/mol. The molecule has 0 aliphatic heterocycles. The van der Waals surface area contributed by atoms with Crippen LogP contribution in [0.1, 0.15) is 5.76 Å². The summed E-state index contributed by atoms with van der Waals surface area (Å²) in [6.07, 6.45) is 0. The number of furan rings is 1. The fourth-order valence-corrected chi connectivity index (χ4v) is 1.41. The third-order valence-electron chi connectivity index (χ3n) is 1.31. The van der Waals surface area contributed by atoms with Crippen molar-refractivity contribution in [2.45, 2.75) is 5.75 Å². The van der Waals surface area contributed by atoms with Crippen molar-refractivity contribution in [2.24, 2.45) is 0 Å². The summed E-state index contributed by atoms with van der Waals surface area (Å²) in [5, 5.41) is 18.7. The number of aliphatic hydroxyl groups is 1. The van der Waals surface area contributed by atoms with Crippen LogP contribution in [0.25, 0.3) is 0 Å². The topological polar surface area (TPSA) is 76.5 Å². The molecular weight excluding hydrogens is 194 g/mol. The molecule has 0 amide bonds. The van der Waals surface area contributed by atoms with E-state index in [9.17, 15) is 10.1 Å². The van der Waals surface area contributed by atoms with E-state index >= 15 is 0 Å². The molecule has 0 atom stereocenters. The average Bonchev–Trinajstić information content (AvgIpc) is 2.53. The first-order valence-electron chi connectivity index (χ1n) is 3.65. The lowest BCUT2D eigenvalue weighted by atomic mass is 10.5. The molecule has 0 aliphatic rings. The van der Waals surface area contributed by atoms with Gasteiger partial charge in [0.1, 0.15) is 10.7 Å². The van der Waals surface area contributed by atoms with Crippen molar-refractivity contribution in [3.63, 3.8) is 0 Å². The number of rotatable bonds is 5. The van der Waals surface area contributed by atoms with Crippen LogP contribution in [-0.2, 0) is 5.75 Å². The summed E-state index contributed by atoms with van der Waals surface area (Å²) in [6.45, 7) is 0.105. The highest BCUT2D eigenvalue weighted by molar-refractivity contribution is 7.98. The van der Waals surface area contributed by atoms with E-state index < -0.39 is 4.92 Å². The summed E-state index contributed by atoms with van der Waals surface area (Å²) >= 11 is 1.47. The van der Waals surface area contributed by atoms with Crippen molar-refractivity contribution in [1.82, 2.24) is 0 Å². The van der Waals surface area contributed by atoms with Gasteiger partial charge in [0, 0.05) is 5.75 Å². The van der Waals surface area contributed by atoms with E-state index in [1.807, 2.05) is 0 Å². The maximum absolute atomic E-state index is 10.2. The fraction of sp³-hybridized carbons (Fsp3) is 0.429. The monoisotopic (exact) mass is 203 g/mol. The fourth-order valence-electron chi connectivity index (χ4n) is 0.780. The normalized spacial score (nSPS) is 10.2. The molecule has 0 aromatic carbocycles. The van der Waals surface area contributed by atoms with Gasteiger partial charge in [0.15, 0.2) is 0 Å². The van der Waals surface area contributed by atoms with Gasteiger partial charge in [0.25, 0.3) is 0 Å². The molecule has 5 nitrogen and oxygen atoms in total. The van der Waals surface area contributed by atoms with Gasteiger partial charge >= 0.3 is 5.88 Å². The maximum atomic E-state index is 10.2. The van der Waals surface area contributed by atoms with Crippen molar-refractivity contribution in [1.29, 1.82) is 0 Å². The van der Waals surface area contributed by atoms with Crippen LogP contribution in [0.15, 0.2) is 16.5 Å². The Labute approximate surface area is 78.9 Å². The summed E-state index contributed by atoms with van der Waals surface area (Å²) in [5.41, 5.74) is 0. The first-order valence-corrected chi connectivity index (χ1v) is 4.81. The molecule has 1 aromatic rings. The Kier molecular flexibility index (Phi) is 3.78. The van der Waals surface area contributed by atoms with Crippen molar-refractivity contribution in [3.05, 3.63) is 28.0 Å². The highest BCUT2D eigenvalue weighted by Crippen LogP contribution is 2.19. The Balaban J connectivity index is 2.44. The predicted molar refractivity (Wildman–Crippen MR) is 48.6 cm³/mol. The van der Waals surface area contributed by atoms with Crippen molar-refractivity contribution < 1.29 is 14.4 Å². The van der Waals surface area contributed by atoms with E-state index in [-0.39, 0.29) is 12.5 Å². The third-order valence-corrected chi connectivity index (χ3v) is 2.27. The Bertz CT molecular complexity index is 286. The minimum Gasteiger partial charge on any atom is -0.405 e. The Morgan fingerprint density at radius 1 is 1.62 bits per heavy atom. The van der Waals surface area contributed by atoms with Crippen LogP contribution >= 0.6 is 11.8 Å². The summed E-state index contributed by atoms with van der Waals surface area (Å²) in [7, 11) is 0. The van der Waals surface area contributed by atoms with Gasteiger partial charge in [0.05, 0.1) is 18.4 Å². The number of nitro groups is 1. The molecule has 0 saturated heterocycles. The quantitative estimate of drug-likeness (QED) is 0.445. The van der Waals surface area contributed by atoms with E-state index in [1.165, 1.54) is 17.8 Å². The summed E-state index contributed by atoms with van der Waals surface area (Å²) < 4.78 is 4.89. The summed E-state index contributed by atoms with van der Waals surface area (Å²) in [4.78, 5) is 9.64. The molecule has 0 saturated carbocycles. The maximum Gasteiger partial charge on any atom is 0.433 e. The van der Waals surface area contributed by atoms with Crippen molar-refractivity contribution >= 4 is 17.6 Å². The van der Waals surface area contributed by atoms with Crippen LogP contribution in [0.2, 0.25) is 0 Å². The van der Waals surface area contributed by atoms with E-state index in [2.05, 4.69) is 0 Å². The highest BCUT2D eigenvalue weighted by atomic mass is 32.2. The number of hydrogen-bond acceptors (Lipinski definition) is 5. The summed E-state index contributed by atoms with van der Waals surface area (Å²) in [6, 6.07) is 2.90. The predicted octanol–water partition coefficient (Wildman–Crippen LogP) is 1.41. The molecule has 0 radical (unpaired) electrons. The molecule has 1 rings (SSSR count). The number of nitrogens with zero attached hydrogens (tertiary/aromatic N) is 1. The van der Waals surface area contributed by atoms with Gasteiger partial charge < -0.3 is 9.52 Å². The molecule has 0 unspecified atom stereocenters. The number of aliphatic hydroxyl groups excluding tert-OH is 1. The van der Waals surface area contributed by atoms with Gasteiger partial charge in [-0.3, -0.25) is 10.1 Å². The molecule has 72 valence electrons. The van der Waals surface area contributed by atoms with E-state index in [1.54, 1.807) is 6.07 Å². The van der Waals surface area contributed by atoms with Crippen LogP contribution in [-0.4, -0.2) is 22.4 Å². The van der Waals surface area contributed by atoms with Crippen LogP contribution < -0.4 is 0 Å². The molecule has 1 aromatic heterocycles. The van der Waals surface area contributed by atoms with E-state index in [0.717, 1.165) is 0 Å². The molecule has 0 fully saturated rings.